The van der Waals surface area contributed by atoms with Gasteiger partial charge in [0, 0.05) is 25.7 Å². The van der Waals surface area contributed by atoms with Gasteiger partial charge in [0.05, 0.1) is 20.8 Å². The van der Waals surface area contributed by atoms with Crippen molar-refractivity contribution in [3.8, 4) is 11.5 Å². The lowest BCUT2D eigenvalue weighted by Gasteiger charge is -2.41. The minimum Gasteiger partial charge on any atom is -0.493 e. The number of rotatable bonds is 7. The molecule has 0 unspecified atom stereocenters. The Morgan fingerprint density at radius 2 is 1.83 bits per heavy atom. The first-order chi connectivity index (χ1) is 16.8. The molecule has 0 radical (unpaired) electrons. The Balaban J connectivity index is 1.46. The van der Waals surface area contributed by atoms with Crippen LogP contribution >= 0.6 is 0 Å². The number of ether oxygens (including phenoxy) is 2. The molecule has 1 aliphatic heterocycles. The fourth-order valence-electron chi connectivity index (χ4n) is 4.69. The first-order valence-corrected chi connectivity index (χ1v) is 11.9. The second kappa shape index (κ2) is 9.97. The molecule has 3 amide bonds. The topological polar surface area (TPSA) is 115 Å². The number of aromatic nitrogens is 2. The summed E-state index contributed by atoms with van der Waals surface area (Å²) < 4.78 is 12.0. The largest absolute Gasteiger partial charge is 0.493 e. The lowest BCUT2D eigenvalue weighted by molar-refractivity contribution is -0.133. The van der Waals surface area contributed by atoms with Crippen molar-refractivity contribution in [2.75, 3.05) is 21.3 Å². The number of nitrogens with one attached hydrogen (secondary N) is 2. The number of carbonyl (C=O) groups excluding carboxylic acids is 3. The molecule has 10 nitrogen and oxygen atoms in total. The summed E-state index contributed by atoms with van der Waals surface area (Å²) in [5, 5.41) is 10.3. The summed E-state index contributed by atoms with van der Waals surface area (Å²) in [6.45, 7) is 2.16. The minimum atomic E-state index is -1.10. The van der Waals surface area contributed by atoms with E-state index in [1.807, 2.05) is 6.07 Å². The highest BCUT2D eigenvalue weighted by atomic mass is 16.5. The van der Waals surface area contributed by atoms with E-state index in [2.05, 4.69) is 15.7 Å². The molecule has 1 aliphatic carbocycles. The SMILES string of the molecule is COc1ccc(CNC(=O)c2cc3n(n2)C[C@](C)(C(=O)NC2CCCCC2)N(C)C3=O)cc1OC. The summed E-state index contributed by atoms with van der Waals surface area (Å²) in [5.74, 6) is 0.217. The fourth-order valence-corrected chi connectivity index (χ4v) is 4.69. The highest BCUT2D eigenvalue weighted by Crippen LogP contribution is 2.29. The Bertz CT molecular complexity index is 1120. The lowest BCUT2D eigenvalue weighted by Crippen LogP contribution is -2.63. The van der Waals surface area contributed by atoms with Gasteiger partial charge >= 0.3 is 0 Å². The van der Waals surface area contributed by atoms with Crippen LogP contribution in [0, 0.1) is 0 Å². The van der Waals surface area contributed by atoms with Crippen LogP contribution in [0.4, 0.5) is 0 Å². The molecule has 2 heterocycles. The number of hydrogen-bond donors (Lipinski definition) is 2. The molecule has 1 atom stereocenters. The molecule has 1 fully saturated rings. The van der Waals surface area contributed by atoms with Gasteiger partial charge in [0.1, 0.15) is 11.2 Å². The van der Waals surface area contributed by atoms with Crippen molar-refractivity contribution in [1.82, 2.24) is 25.3 Å². The first kappa shape index (κ1) is 24.6. The zero-order chi connectivity index (χ0) is 25.2. The predicted octanol–water partition coefficient (Wildman–Crippen LogP) is 2.12. The van der Waals surface area contributed by atoms with E-state index in [0.29, 0.717) is 11.5 Å². The first-order valence-electron chi connectivity index (χ1n) is 11.9. The van der Waals surface area contributed by atoms with Crippen LogP contribution in [0.1, 0.15) is 65.6 Å². The Hall–Kier alpha value is -3.56. The number of carbonyl (C=O) groups is 3. The monoisotopic (exact) mass is 483 g/mol. The third kappa shape index (κ3) is 4.82. The zero-order valence-electron chi connectivity index (χ0n) is 20.7. The van der Waals surface area contributed by atoms with Gasteiger partial charge in [-0.2, -0.15) is 5.10 Å². The van der Waals surface area contributed by atoms with Gasteiger partial charge < -0.3 is 25.0 Å². The number of benzene rings is 1. The van der Waals surface area contributed by atoms with E-state index < -0.39 is 11.4 Å². The molecule has 4 rings (SSSR count). The molecule has 1 aromatic heterocycles. The maximum atomic E-state index is 13.2. The summed E-state index contributed by atoms with van der Waals surface area (Å²) in [5.41, 5.74) is 0.134. The van der Waals surface area contributed by atoms with E-state index in [-0.39, 0.29) is 42.3 Å². The second-order valence-corrected chi connectivity index (χ2v) is 9.39. The normalized spacial score (nSPS) is 20.2. The highest BCUT2D eigenvalue weighted by Gasteiger charge is 2.46. The molecule has 188 valence electrons. The van der Waals surface area contributed by atoms with Crippen molar-refractivity contribution in [2.45, 2.75) is 63.7 Å². The lowest BCUT2D eigenvalue weighted by atomic mass is 9.92. The van der Waals surface area contributed by atoms with Crippen molar-refractivity contribution in [1.29, 1.82) is 0 Å². The molecule has 0 bridgehead atoms. The Labute approximate surface area is 204 Å². The average Bonchev–Trinajstić information content (AvgIpc) is 3.30. The van der Waals surface area contributed by atoms with Gasteiger partial charge in [0.2, 0.25) is 5.91 Å². The smallest absolute Gasteiger partial charge is 0.272 e. The predicted molar refractivity (Wildman–Crippen MR) is 128 cm³/mol. The van der Waals surface area contributed by atoms with Gasteiger partial charge in [-0.1, -0.05) is 25.3 Å². The Kier molecular flexibility index (Phi) is 7.00. The zero-order valence-corrected chi connectivity index (χ0v) is 20.7. The molecule has 1 saturated carbocycles. The number of likely N-dealkylation sites (N-methyl/N-ethyl adjacent to an activating group) is 1. The van der Waals surface area contributed by atoms with Gasteiger partial charge in [0.15, 0.2) is 17.2 Å². The Morgan fingerprint density at radius 1 is 1.11 bits per heavy atom. The molecular formula is C25H33N5O5. The second-order valence-electron chi connectivity index (χ2n) is 9.39. The van der Waals surface area contributed by atoms with Gasteiger partial charge in [-0.15, -0.1) is 0 Å². The van der Waals surface area contributed by atoms with Crippen molar-refractivity contribution in [3.63, 3.8) is 0 Å². The number of methoxy groups -OCH3 is 2. The molecule has 0 saturated heterocycles. The third-order valence-corrected chi connectivity index (χ3v) is 7.06. The van der Waals surface area contributed by atoms with Crippen LogP contribution in [-0.2, 0) is 17.9 Å². The molecular weight excluding hydrogens is 450 g/mol. The van der Waals surface area contributed by atoms with E-state index in [0.717, 1.165) is 31.2 Å². The molecule has 10 heteroatoms. The van der Waals surface area contributed by atoms with E-state index >= 15 is 0 Å². The maximum absolute atomic E-state index is 13.2. The number of amides is 3. The van der Waals surface area contributed by atoms with E-state index in [9.17, 15) is 14.4 Å². The molecule has 1 aromatic carbocycles. The summed E-state index contributed by atoms with van der Waals surface area (Å²) in [6, 6.07) is 6.99. The van der Waals surface area contributed by atoms with Gasteiger partial charge in [-0.25, -0.2) is 0 Å². The highest BCUT2D eigenvalue weighted by molar-refractivity contribution is 6.01. The van der Waals surface area contributed by atoms with Crippen LogP contribution in [-0.4, -0.2) is 65.2 Å². The van der Waals surface area contributed by atoms with Gasteiger partial charge in [0.25, 0.3) is 11.8 Å². The van der Waals surface area contributed by atoms with Crippen LogP contribution < -0.4 is 20.1 Å². The van der Waals surface area contributed by atoms with Crippen molar-refractivity contribution in [2.24, 2.45) is 0 Å². The summed E-state index contributed by atoms with van der Waals surface area (Å²) in [4.78, 5) is 40.6. The van der Waals surface area contributed by atoms with Crippen LogP contribution in [0.25, 0.3) is 0 Å². The Morgan fingerprint density at radius 3 is 2.51 bits per heavy atom. The molecule has 0 spiro atoms. The minimum absolute atomic E-state index is 0.124. The van der Waals surface area contributed by atoms with Crippen LogP contribution in [0.3, 0.4) is 0 Å². The number of hydrogen-bond acceptors (Lipinski definition) is 6. The molecule has 2 N–H and O–H groups in total. The van der Waals surface area contributed by atoms with E-state index in [1.165, 1.54) is 22.1 Å². The van der Waals surface area contributed by atoms with Crippen LogP contribution in [0.2, 0.25) is 0 Å². The molecule has 2 aliphatic rings. The average molecular weight is 484 g/mol. The molecule has 35 heavy (non-hydrogen) atoms. The van der Waals surface area contributed by atoms with E-state index in [1.54, 1.807) is 40.3 Å². The summed E-state index contributed by atoms with van der Waals surface area (Å²) >= 11 is 0. The number of fused-ring (bicyclic) bond motifs is 1. The van der Waals surface area contributed by atoms with Crippen molar-refractivity contribution < 1.29 is 23.9 Å². The van der Waals surface area contributed by atoms with Crippen LogP contribution in [0.15, 0.2) is 24.3 Å². The third-order valence-electron chi connectivity index (χ3n) is 7.06. The standard InChI is InChI=1S/C25H33N5O5/c1-25(24(33)27-17-8-6-5-7-9-17)15-30-19(23(32)29(25)2)13-18(28-30)22(31)26-14-16-10-11-20(34-3)21(12-16)35-4/h10-13,17H,5-9,14-15H2,1-4H3,(H,26,31)(H,27,33)/t25-/m1/s1. The summed E-state index contributed by atoms with van der Waals surface area (Å²) in [6.07, 6.45) is 5.30. The van der Waals surface area contributed by atoms with Crippen LogP contribution in [0.5, 0.6) is 11.5 Å². The summed E-state index contributed by atoms with van der Waals surface area (Å²) in [7, 11) is 4.73. The van der Waals surface area contributed by atoms with Crippen molar-refractivity contribution >= 4 is 17.7 Å². The quantitative estimate of drug-likeness (QED) is 0.624. The molecule has 2 aromatic rings. The van der Waals surface area contributed by atoms with Crippen molar-refractivity contribution in [3.05, 3.63) is 41.2 Å². The van der Waals surface area contributed by atoms with Gasteiger partial charge in [-0.3, -0.25) is 19.1 Å². The van der Waals surface area contributed by atoms with Gasteiger partial charge in [-0.05, 0) is 37.5 Å². The number of nitrogens with zero attached hydrogens (tertiary/aromatic N) is 3. The van der Waals surface area contributed by atoms with E-state index in [4.69, 9.17) is 9.47 Å². The maximum Gasteiger partial charge on any atom is 0.272 e. The fraction of sp³-hybridized carbons (Fsp3) is 0.520.